The zero-order valence-corrected chi connectivity index (χ0v) is 13.2. The first-order chi connectivity index (χ1) is 4.21. The van der Waals surface area contributed by atoms with Crippen LogP contribution in [0, 0.1) is 0 Å². The number of hydrogen-bond donors (Lipinski definition) is 0. The van der Waals surface area contributed by atoms with E-state index in [2.05, 4.69) is 39.3 Å². The van der Waals surface area contributed by atoms with Gasteiger partial charge in [-0.15, -0.1) is 0 Å². The summed E-state index contributed by atoms with van der Waals surface area (Å²) in [6.07, 6.45) is 0. The van der Waals surface area contributed by atoms with E-state index in [9.17, 15) is 0 Å². The molecule has 0 spiro atoms. The Morgan fingerprint density at radius 3 is 0.900 bits per heavy atom. The van der Waals surface area contributed by atoms with Crippen LogP contribution in [0.1, 0.15) is 0 Å². The SMILES string of the molecule is C[Si](C)(C)[Se][Se][Si](C)(C)C. The third kappa shape index (κ3) is 9.47. The third-order valence-corrected chi connectivity index (χ3v) is 50.6. The Balaban J connectivity index is 3.56. The van der Waals surface area contributed by atoms with Gasteiger partial charge < -0.3 is 0 Å². The molecule has 0 saturated heterocycles. The maximum atomic E-state index is 2.51. The van der Waals surface area contributed by atoms with E-state index in [1.165, 1.54) is 0 Å². The van der Waals surface area contributed by atoms with Gasteiger partial charge in [-0.05, 0) is 0 Å². The van der Waals surface area contributed by atoms with E-state index >= 15 is 0 Å². The molecule has 0 amide bonds. The van der Waals surface area contributed by atoms with Crippen LogP contribution in [0.5, 0.6) is 0 Å². The van der Waals surface area contributed by atoms with Crippen molar-refractivity contribution in [2.75, 3.05) is 0 Å². The van der Waals surface area contributed by atoms with E-state index in [0.717, 1.165) is 25.0 Å². The molecule has 62 valence electrons. The van der Waals surface area contributed by atoms with Crippen molar-refractivity contribution in [3.05, 3.63) is 0 Å². The molecule has 0 aliphatic rings. The average molecular weight is 304 g/mol. The standard InChI is InChI=1S/C6H18Se2Si2/c1-9(2,3)7-8-10(4,5)6/h1-6H3. The molecule has 0 unspecified atom stereocenters. The Hall–Kier alpha value is 1.47. The first-order valence-electron chi connectivity index (χ1n) is 3.57. The van der Waals surface area contributed by atoms with Crippen molar-refractivity contribution in [1.29, 1.82) is 0 Å². The summed E-state index contributed by atoms with van der Waals surface area (Å²) in [5.41, 5.74) is 0. The van der Waals surface area contributed by atoms with Crippen molar-refractivity contribution in [1.82, 2.24) is 0 Å². The molecule has 0 fully saturated rings. The molecule has 0 aliphatic heterocycles. The van der Waals surface area contributed by atoms with Crippen LogP contribution < -0.4 is 0 Å². The summed E-state index contributed by atoms with van der Waals surface area (Å²) in [5.74, 6) is 0. The van der Waals surface area contributed by atoms with Crippen LogP contribution in [-0.4, -0.2) is 38.3 Å². The topological polar surface area (TPSA) is 0 Å². The van der Waals surface area contributed by atoms with Crippen molar-refractivity contribution in [3.63, 3.8) is 0 Å². The van der Waals surface area contributed by atoms with Gasteiger partial charge >= 0.3 is 77.6 Å². The molecule has 0 nitrogen and oxygen atoms in total. The molecule has 0 heterocycles. The Morgan fingerprint density at radius 1 is 0.600 bits per heavy atom. The first kappa shape index (κ1) is 11.5. The molecule has 0 bridgehead atoms. The molecule has 4 heteroatoms. The fraction of sp³-hybridized carbons (Fsp3) is 1.00. The number of rotatable bonds is 3. The van der Waals surface area contributed by atoms with Gasteiger partial charge in [-0.3, -0.25) is 0 Å². The van der Waals surface area contributed by atoms with Crippen LogP contribution in [0.4, 0.5) is 0 Å². The van der Waals surface area contributed by atoms with Crippen molar-refractivity contribution >= 4 is 38.3 Å². The molecular weight excluding hydrogens is 286 g/mol. The van der Waals surface area contributed by atoms with Crippen LogP contribution in [0.25, 0.3) is 0 Å². The predicted molar refractivity (Wildman–Crippen MR) is 58.2 cm³/mol. The van der Waals surface area contributed by atoms with Crippen LogP contribution >= 0.6 is 0 Å². The van der Waals surface area contributed by atoms with E-state index in [4.69, 9.17) is 0 Å². The molecule has 0 saturated carbocycles. The molecule has 0 N–H and O–H groups in total. The zero-order chi connectivity index (χ0) is 8.41. The van der Waals surface area contributed by atoms with Crippen LogP contribution in [0.2, 0.25) is 39.3 Å². The van der Waals surface area contributed by atoms with E-state index < -0.39 is 13.4 Å². The summed E-state index contributed by atoms with van der Waals surface area (Å²) in [6.45, 7) is 13.8. The summed E-state index contributed by atoms with van der Waals surface area (Å²) in [7, 11) is 0. The molecule has 0 aromatic carbocycles. The minimum absolute atomic E-state index is 0.642. The van der Waals surface area contributed by atoms with Crippen LogP contribution in [0.15, 0.2) is 0 Å². The van der Waals surface area contributed by atoms with Crippen molar-refractivity contribution in [2.45, 2.75) is 39.3 Å². The molecule has 0 aromatic rings. The van der Waals surface area contributed by atoms with E-state index in [1.807, 2.05) is 0 Å². The Morgan fingerprint density at radius 2 is 0.800 bits per heavy atom. The second-order valence-corrected chi connectivity index (χ2v) is 41.6. The van der Waals surface area contributed by atoms with Gasteiger partial charge in [0.25, 0.3) is 0 Å². The molecule has 0 atom stereocenters. The molecule has 0 rings (SSSR count). The Labute approximate surface area is 77.3 Å². The van der Waals surface area contributed by atoms with E-state index in [1.54, 1.807) is 0 Å². The van der Waals surface area contributed by atoms with Gasteiger partial charge in [0.15, 0.2) is 0 Å². The summed E-state index contributed by atoms with van der Waals surface area (Å²) >= 11 is 2.12. The Bertz CT molecular complexity index is 87.3. The van der Waals surface area contributed by atoms with E-state index in [0.29, 0.717) is 0 Å². The summed E-state index contributed by atoms with van der Waals surface area (Å²) < 4.78 is 0. The molecule has 0 aromatic heterocycles. The second kappa shape index (κ2) is 3.93. The quantitative estimate of drug-likeness (QED) is 0.700. The molecule has 10 heavy (non-hydrogen) atoms. The van der Waals surface area contributed by atoms with Crippen molar-refractivity contribution < 1.29 is 0 Å². The van der Waals surface area contributed by atoms with Gasteiger partial charge in [0.1, 0.15) is 0 Å². The summed E-state index contributed by atoms with van der Waals surface area (Å²) in [5, 5.41) is 0. The number of hydrogen-bond acceptors (Lipinski definition) is 0. The fourth-order valence-corrected chi connectivity index (χ4v) is 60.7. The predicted octanol–water partition coefficient (Wildman–Crippen LogP) is 1.98. The zero-order valence-electron chi connectivity index (χ0n) is 7.82. The first-order valence-corrected chi connectivity index (χ1v) is 19.9. The summed E-state index contributed by atoms with van der Waals surface area (Å²) in [4.78, 5) is 0. The van der Waals surface area contributed by atoms with Crippen LogP contribution in [0.3, 0.4) is 0 Å². The van der Waals surface area contributed by atoms with Gasteiger partial charge in [0.05, 0.1) is 0 Å². The van der Waals surface area contributed by atoms with Gasteiger partial charge in [0.2, 0.25) is 0 Å². The van der Waals surface area contributed by atoms with E-state index in [-0.39, 0.29) is 0 Å². The molecular formula is C6H18Se2Si2. The minimum atomic E-state index is -0.642. The fourth-order valence-electron chi connectivity index (χ4n) is 0.250. The summed E-state index contributed by atoms with van der Waals surface area (Å²) in [6, 6.07) is 0. The van der Waals surface area contributed by atoms with Gasteiger partial charge in [-0.1, -0.05) is 0 Å². The average Bonchev–Trinajstić information content (AvgIpc) is 1.57. The van der Waals surface area contributed by atoms with Crippen molar-refractivity contribution in [3.8, 4) is 0 Å². The second-order valence-electron chi connectivity index (χ2n) is 4.39. The Kier molecular flexibility index (Phi) is 4.50. The molecule has 0 radical (unpaired) electrons. The monoisotopic (exact) mass is 306 g/mol. The van der Waals surface area contributed by atoms with Crippen molar-refractivity contribution in [2.24, 2.45) is 0 Å². The third-order valence-electron chi connectivity index (χ3n) is 0.542. The van der Waals surface area contributed by atoms with Crippen LogP contribution in [-0.2, 0) is 0 Å². The van der Waals surface area contributed by atoms with Gasteiger partial charge in [0, 0.05) is 0 Å². The van der Waals surface area contributed by atoms with Gasteiger partial charge in [-0.25, -0.2) is 0 Å². The maximum absolute atomic E-state index is 2.51. The normalized spacial score (nSPS) is 13.8. The van der Waals surface area contributed by atoms with Gasteiger partial charge in [-0.2, -0.15) is 0 Å². The molecule has 0 aliphatic carbocycles.